The molecule has 0 aromatic heterocycles. The van der Waals surface area contributed by atoms with E-state index in [1.54, 1.807) is 4.90 Å². The molecule has 6 nitrogen and oxygen atoms in total. The smallest absolute Gasteiger partial charge is 0.244 e. The van der Waals surface area contributed by atoms with Crippen LogP contribution < -0.4 is 10.2 Å². The van der Waals surface area contributed by atoms with Crippen molar-refractivity contribution >= 4 is 23.2 Å². The van der Waals surface area contributed by atoms with E-state index in [1.165, 1.54) is 5.56 Å². The van der Waals surface area contributed by atoms with Gasteiger partial charge in [0.2, 0.25) is 11.8 Å². The predicted octanol–water partition coefficient (Wildman–Crippen LogP) is 1.79. The van der Waals surface area contributed by atoms with E-state index < -0.39 is 0 Å². The monoisotopic (exact) mass is 364 g/mol. The Balaban J connectivity index is 1.33. The lowest BCUT2D eigenvalue weighted by molar-refractivity contribution is -0.123. The second kappa shape index (κ2) is 7.90. The molecule has 2 aliphatic heterocycles. The molecule has 0 atom stereocenters. The highest BCUT2D eigenvalue weighted by molar-refractivity contribution is 6.10. The average molecular weight is 364 g/mol. The summed E-state index contributed by atoms with van der Waals surface area (Å²) in [6.07, 6.45) is 0. The Bertz CT molecular complexity index is 816. The Hall–Kier alpha value is -2.70. The van der Waals surface area contributed by atoms with E-state index >= 15 is 0 Å². The Morgan fingerprint density at radius 3 is 2.33 bits per heavy atom. The van der Waals surface area contributed by atoms with Gasteiger partial charge in [0.15, 0.2) is 0 Å². The fourth-order valence-corrected chi connectivity index (χ4v) is 3.68. The minimum atomic E-state index is -0.144. The molecule has 1 fully saturated rings. The third-order valence-electron chi connectivity index (χ3n) is 5.14. The lowest BCUT2D eigenvalue weighted by atomic mass is 10.2. The molecule has 140 valence electrons. The molecule has 2 aliphatic rings. The van der Waals surface area contributed by atoms with E-state index in [-0.39, 0.29) is 18.4 Å². The Morgan fingerprint density at radius 1 is 0.889 bits per heavy atom. The van der Waals surface area contributed by atoms with Crippen LogP contribution in [0.15, 0.2) is 54.6 Å². The van der Waals surface area contributed by atoms with Gasteiger partial charge in [-0.25, -0.2) is 0 Å². The Kier molecular flexibility index (Phi) is 5.18. The van der Waals surface area contributed by atoms with E-state index in [0.29, 0.717) is 12.2 Å². The molecule has 1 saturated heterocycles. The van der Waals surface area contributed by atoms with E-state index in [0.717, 1.165) is 38.4 Å². The van der Waals surface area contributed by atoms with Crippen molar-refractivity contribution in [3.8, 4) is 0 Å². The van der Waals surface area contributed by atoms with Gasteiger partial charge in [0.25, 0.3) is 0 Å². The quantitative estimate of drug-likeness (QED) is 0.899. The number of carbonyl (C=O) groups excluding carboxylic acids is 2. The van der Waals surface area contributed by atoms with Crippen molar-refractivity contribution < 1.29 is 9.59 Å². The first-order chi connectivity index (χ1) is 13.2. The van der Waals surface area contributed by atoms with E-state index in [1.807, 2.05) is 30.3 Å². The lowest BCUT2D eigenvalue weighted by Gasteiger charge is -2.36. The van der Waals surface area contributed by atoms with Crippen LogP contribution in [-0.2, 0) is 16.1 Å². The van der Waals surface area contributed by atoms with Crippen molar-refractivity contribution in [1.29, 1.82) is 0 Å². The number of rotatable bonds is 4. The molecule has 0 aliphatic carbocycles. The molecule has 6 heteroatoms. The number of hydrogen-bond donors (Lipinski definition) is 1. The maximum atomic E-state index is 12.8. The molecular weight excluding hydrogens is 340 g/mol. The van der Waals surface area contributed by atoms with Gasteiger partial charge in [0, 0.05) is 32.7 Å². The molecule has 1 N–H and O–H groups in total. The first-order valence-corrected chi connectivity index (χ1v) is 9.37. The molecule has 2 aromatic rings. The summed E-state index contributed by atoms with van der Waals surface area (Å²) in [5.74, 6) is -0.163. The number of carbonyl (C=O) groups is 2. The minimum absolute atomic E-state index is 0.0196. The van der Waals surface area contributed by atoms with Gasteiger partial charge < -0.3 is 5.32 Å². The predicted molar refractivity (Wildman–Crippen MR) is 106 cm³/mol. The zero-order valence-corrected chi connectivity index (χ0v) is 15.3. The van der Waals surface area contributed by atoms with Crippen LogP contribution in [0.25, 0.3) is 0 Å². The summed E-state index contributed by atoms with van der Waals surface area (Å²) in [5, 5.41) is 2.82. The summed E-state index contributed by atoms with van der Waals surface area (Å²) in [7, 11) is 0. The number of piperazine rings is 1. The minimum Gasteiger partial charge on any atom is -0.323 e. The van der Waals surface area contributed by atoms with Crippen molar-refractivity contribution in [3.63, 3.8) is 0 Å². The maximum absolute atomic E-state index is 12.8. The van der Waals surface area contributed by atoms with Crippen molar-refractivity contribution in [2.75, 3.05) is 49.5 Å². The van der Waals surface area contributed by atoms with Crippen LogP contribution in [0.5, 0.6) is 0 Å². The summed E-state index contributed by atoms with van der Waals surface area (Å²) in [6.45, 7) is 4.99. The summed E-state index contributed by atoms with van der Waals surface area (Å²) < 4.78 is 0. The second-order valence-electron chi connectivity index (χ2n) is 7.08. The van der Waals surface area contributed by atoms with E-state index in [9.17, 15) is 9.59 Å². The third kappa shape index (κ3) is 4.18. The molecule has 4 rings (SSSR count). The summed E-state index contributed by atoms with van der Waals surface area (Å²) in [5.41, 5.74) is 2.80. The number of anilines is 2. The SMILES string of the molecule is O=C1CN(C(=O)CN2CCN(Cc3ccccc3)CC2)c2ccccc2N1. The average Bonchev–Trinajstić information content (AvgIpc) is 2.69. The number of hydrogen-bond acceptors (Lipinski definition) is 4. The second-order valence-corrected chi connectivity index (χ2v) is 7.08. The van der Waals surface area contributed by atoms with Gasteiger partial charge in [0.1, 0.15) is 6.54 Å². The lowest BCUT2D eigenvalue weighted by Crippen LogP contribution is -2.51. The normalized spacial score (nSPS) is 18.1. The van der Waals surface area contributed by atoms with Gasteiger partial charge in [0.05, 0.1) is 17.9 Å². The molecule has 2 amide bonds. The van der Waals surface area contributed by atoms with Crippen molar-refractivity contribution in [2.24, 2.45) is 0 Å². The number of nitrogens with zero attached hydrogens (tertiary/aromatic N) is 3. The van der Waals surface area contributed by atoms with Crippen LogP contribution in [0.1, 0.15) is 5.56 Å². The number of amides is 2. The number of benzene rings is 2. The topological polar surface area (TPSA) is 55.9 Å². The fraction of sp³-hybridized carbons (Fsp3) is 0.333. The number of fused-ring (bicyclic) bond motifs is 1. The summed E-state index contributed by atoms with van der Waals surface area (Å²) >= 11 is 0. The van der Waals surface area contributed by atoms with Gasteiger partial charge >= 0.3 is 0 Å². The van der Waals surface area contributed by atoms with E-state index in [2.05, 4.69) is 39.4 Å². The maximum Gasteiger partial charge on any atom is 0.244 e. The van der Waals surface area contributed by atoms with Crippen LogP contribution >= 0.6 is 0 Å². The summed E-state index contributed by atoms with van der Waals surface area (Å²) in [4.78, 5) is 31.0. The largest absolute Gasteiger partial charge is 0.323 e. The Morgan fingerprint density at radius 2 is 1.56 bits per heavy atom. The standard InChI is InChI=1S/C21H24N4O2/c26-20-15-25(19-9-5-4-8-18(19)22-20)21(27)16-24-12-10-23(11-13-24)14-17-6-2-1-3-7-17/h1-9H,10-16H2,(H,22,26). The van der Waals surface area contributed by atoms with Gasteiger partial charge in [-0.05, 0) is 17.7 Å². The van der Waals surface area contributed by atoms with Gasteiger partial charge in [-0.3, -0.25) is 24.3 Å². The fourth-order valence-electron chi connectivity index (χ4n) is 3.68. The molecule has 0 radical (unpaired) electrons. The van der Waals surface area contributed by atoms with Crippen LogP contribution in [0.2, 0.25) is 0 Å². The molecule has 0 spiro atoms. The number of para-hydroxylation sites is 2. The molecule has 2 heterocycles. The van der Waals surface area contributed by atoms with Crippen LogP contribution in [0.4, 0.5) is 11.4 Å². The van der Waals surface area contributed by atoms with E-state index in [4.69, 9.17) is 0 Å². The first kappa shape index (κ1) is 17.7. The van der Waals surface area contributed by atoms with Crippen LogP contribution in [0, 0.1) is 0 Å². The molecule has 0 bridgehead atoms. The zero-order valence-electron chi connectivity index (χ0n) is 15.3. The summed E-state index contributed by atoms with van der Waals surface area (Å²) in [6, 6.07) is 17.9. The van der Waals surface area contributed by atoms with Gasteiger partial charge in [-0.2, -0.15) is 0 Å². The van der Waals surface area contributed by atoms with Crippen molar-refractivity contribution in [1.82, 2.24) is 9.80 Å². The first-order valence-electron chi connectivity index (χ1n) is 9.37. The van der Waals surface area contributed by atoms with Crippen molar-refractivity contribution in [3.05, 3.63) is 60.2 Å². The van der Waals surface area contributed by atoms with Crippen molar-refractivity contribution in [2.45, 2.75) is 6.54 Å². The highest BCUT2D eigenvalue weighted by Gasteiger charge is 2.28. The third-order valence-corrected chi connectivity index (χ3v) is 5.14. The van der Waals surface area contributed by atoms with Gasteiger partial charge in [-0.15, -0.1) is 0 Å². The van der Waals surface area contributed by atoms with Crippen LogP contribution in [-0.4, -0.2) is 60.9 Å². The van der Waals surface area contributed by atoms with Gasteiger partial charge in [-0.1, -0.05) is 42.5 Å². The molecular formula is C21H24N4O2. The molecule has 0 saturated carbocycles. The highest BCUT2D eigenvalue weighted by Crippen LogP contribution is 2.29. The highest BCUT2D eigenvalue weighted by atomic mass is 16.2. The van der Waals surface area contributed by atoms with Crippen LogP contribution in [0.3, 0.4) is 0 Å². The Labute approximate surface area is 159 Å². The zero-order chi connectivity index (χ0) is 18.6. The number of nitrogens with one attached hydrogen (secondary N) is 1. The molecule has 2 aromatic carbocycles. The molecule has 0 unspecified atom stereocenters. The molecule has 27 heavy (non-hydrogen) atoms.